The number of ketones is 1. The number of hydrogen-bond donors (Lipinski definition) is 1. The summed E-state index contributed by atoms with van der Waals surface area (Å²) in [7, 11) is 0. The lowest BCUT2D eigenvalue weighted by molar-refractivity contribution is 0.0927. The first-order chi connectivity index (χ1) is 12.5. The molecule has 0 bridgehead atoms. The van der Waals surface area contributed by atoms with Crippen molar-refractivity contribution in [1.82, 2.24) is 9.88 Å². The Bertz CT molecular complexity index is 753. The molecule has 1 aromatic heterocycles. The number of piperidine rings is 1. The van der Waals surface area contributed by atoms with Crippen molar-refractivity contribution >= 4 is 16.7 Å². The molecule has 1 saturated heterocycles. The van der Waals surface area contributed by atoms with Crippen molar-refractivity contribution in [2.24, 2.45) is 5.92 Å². The van der Waals surface area contributed by atoms with Gasteiger partial charge in [0.25, 0.3) is 0 Å². The first kappa shape index (κ1) is 19.2. The Balaban J connectivity index is 1.84. The molecule has 0 amide bonds. The quantitative estimate of drug-likeness (QED) is 0.649. The lowest BCUT2D eigenvalue weighted by Gasteiger charge is -2.32. The second-order valence-corrected chi connectivity index (χ2v) is 8.07. The third-order valence-corrected chi connectivity index (χ3v) is 6.20. The third-order valence-electron chi connectivity index (χ3n) is 6.20. The van der Waals surface area contributed by atoms with Crippen LogP contribution in [0.3, 0.4) is 0 Å². The highest BCUT2D eigenvalue weighted by Crippen LogP contribution is 2.36. The minimum absolute atomic E-state index is 0.0951. The van der Waals surface area contributed by atoms with E-state index in [9.17, 15) is 4.79 Å². The summed E-state index contributed by atoms with van der Waals surface area (Å²) >= 11 is 0. The highest BCUT2D eigenvalue weighted by Gasteiger charge is 2.25. The van der Waals surface area contributed by atoms with E-state index in [2.05, 4.69) is 42.8 Å². The van der Waals surface area contributed by atoms with E-state index in [-0.39, 0.29) is 11.7 Å². The number of Topliss-reactive ketones (excluding diaryl/α,β-unsaturated/α-hetero) is 1. The molecule has 1 fully saturated rings. The zero-order valence-corrected chi connectivity index (χ0v) is 16.9. The minimum atomic E-state index is 0.0951. The zero-order valence-electron chi connectivity index (χ0n) is 16.9. The van der Waals surface area contributed by atoms with Gasteiger partial charge in [0.1, 0.15) is 0 Å². The molecule has 0 aliphatic carbocycles. The van der Waals surface area contributed by atoms with Gasteiger partial charge in [0, 0.05) is 28.1 Å². The van der Waals surface area contributed by atoms with Crippen molar-refractivity contribution in [2.45, 2.75) is 65.7 Å². The van der Waals surface area contributed by atoms with Crippen LogP contribution in [0.25, 0.3) is 10.9 Å². The molecule has 1 aliphatic heterocycles. The molecule has 0 radical (unpaired) electrons. The molecule has 26 heavy (non-hydrogen) atoms. The van der Waals surface area contributed by atoms with Gasteiger partial charge in [-0.3, -0.25) is 4.79 Å². The Hall–Kier alpha value is -1.61. The molecule has 2 heterocycles. The van der Waals surface area contributed by atoms with Crippen LogP contribution in [-0.4, -0.2) is 35.3 Å². The van der Waals surface area contributed by atoms with Crippen molar-refractivity contribution in [1.29, 1.82) is 0 Å². The molecule has 0 spiro atoms. The number of aryl methyl sites for hydroxylation is 1. The SMILES string of the molecule is CCCCN1CCC(c2c(C)[nH]c3ccc(C(=O)C(C)CC)cc23)CC1. The maximum absolute atomic E-state index is 12.6. The molecule has 142 valence electrons. The van der Waals surface area contributed by atoms with Gasteiger partial charge in [-0.2, -0.15) is 0 Å². The monoisotopic (exact) mass is 354 g/mol. The predicted molar refractivity (Wildman–Crippen MR) is 110 cm³/mol. The van der Waals surface area contributed by atoms with Crippen LogP contribution in [0.5, 0.6) is 0 Å². The Labute approximate surface area is 158 Å². The fourth-order valence-corrected chi connectivity index (χ4v) is 4.32. The molecule has 1 atom stereocenters. The van der Waals surface area contributed by atoms with E-state index in [0.717, 1.165) is 12.0 Å². The number of likely N-dealkylation sites (tertiary alicyclic amines) is 1. The van der Waals surface area contributed by atoms with Crippen molar-refractivity contribution in [3.05, 3.63) is 35.0 Å². The fraction of sp³-hybridized carbons (Fsp3) is 0.609. The summed E-state index contributed by atoms with van der Waals surface area (Å²) in [5, 5.41) is 1.27. The summed E-state index contributed by atoms with van der Waals surface area (Å²) in [6.45, 7) is 12.2. The summed E-state index contributed by atoms with van der Waals surface area (Å²) in [5.41, 5.74) is 4.77. The van der Waals surface area contributed by atoms with Gasteiger partial charge in [-0.25, -0.2) is 0 Å². The Kier molecular flexibility index (Phi) is 6.18. The smallest absolute Gasteiger partial charge is 0.165 e. The first-order valence-corrected chi connectivity index (χ1v) is 10.4. The molecular weight excluding hydrogens is 320 g/mol. The van der Waals surface area contributed by atoms with E-state index in [0.29, 0.717) is 5.92 Å². The summed E-state index contributed by atoms with van der Waals surface area (Å²) in [6.07, 6.45) is 5.92. The molecule has 1 N–H and O–H groups in total. The van der Waals surface area contributed by atoms with Gasteiger partial charge in [0.15, 0.2) is 5.78 Å². The molecule has 0 saturated carbocycles. The van der Waals surface area contributed by atoms with E-state index < -0.39 is 0 Å². The number of rotatable bonds is 7. The van der Waals surface area contributed by atoms with Crippen LogP contribution in [0.4, 0.5) is 0 Å². The second-order valence-electron chi connectivity index (χ2n) is 8.07. The molecule has 3 heteroatoms. The van der Waals surface area contributed by atoms with Crippen LogP contribution in [0, 0.1) is 12.8 Å². The Morgan fingerprint density at radius 2 is 2.00 bits per heavy atom. The Morgan fingerprint density at radius 1 is 1.27 bits per heavy atom. The van der Waals surface area contributed by atoms with Gasteiger partial charge >= 0.3 is 0 Å². The Morgan fingerprint density at radius 3 is 2.65 bits per heavy atom. The number of benzene rings is 1. The molecule has 1 aliphatic rings. The maximum atomic E-state index is 12.6. The second kappa shape index (κ2) is 8.39. The molecule has 1 unspecified atom stereocenters. The number of unbranched alkanes of at least 4 members (excludes halogenated alkanes) is 1. The van der Waals surface area contributed by atoms with E-state index in [1.54, 1.807) is 0 Å². The number of carbonyl (C=O) groups is 1. The van der Waals surface area contributed by atoms with Crippen LogP contribution in [0.2, 0.25) is 0 Å². The fourth-order valence-electron chi connectivity index (χ4n) is 4.32. The maximum Gasteiger partial charge on any atom is 0.165 e. The highest BCUT2D eigenvalue weighted by atomic mass is 16.1. The summed E-state index contributed by atoms with van der Waals surface area (Å²) in [6, 6.07) is 6.23. The van der Waals surface area contributed by atoms with Gasteiger partial charge in [0.2, 0.25) is 0 Å². The molecule has 2 aromatic rings. The van der Waals surface area contributed by atoms with Gasteiger partial charge in [-0.1, -0.05) is 27.2 Å². The standard InChI is InChI=1S/C23H34N2O/c1-5-7-12-25-13-10-18(11-14-25)22-17(4)24-21-9-8-19(15-20(21)22)23(26)16(3)6-2/h8-9,15-16,18,24H,5-7,10-14H2,1-4H3. The van der Waals surface area contributed by atoms with Crippen molar-refractivity contribution in [3.8, 4) is 0 Å². The molecule has 3 nitrogen and oxygen atoms in total. The van der Waals surface area contributed by atoms with Gasteiger partial charge in [-0.15, -0.1) is 0 Å². The van der Waals surface area contributed by atoms with Gasteiger partial charge < -0.3 is 9.88 Å². The summed E-state index contributed by atoms with van der Waals surface area (Å²) < 4.78 is 0. The number of aromatic nitrogens is 1. The lowest BCUT2D eigenvalue weighted by atomic mass is 9.86. The molecule has 3 rings (SSSR count). The molecular formula is C23H34N2O. The van der Waals surface area contributed by atoms with Crippen LogP contribution < -0.4 is 0 Å². The largest absolute Gasteiger partial charge is 0.358 e. The third kappa shape index (κ3) is 3.88. The summed E-state index contributed by atoms with van der Waals surface area (Å²) in [4.78, 5) is 18.8. The van der Waals surface area contributed by atoms with Crippen LogP contribution in [0.15, 0.2) is 18.2 Å². The number of fused-ring (bicyclic) bond motifs is 1. The van der Waals surface area contributed by atoms with Gasteiger partial charge in [-0.05, 0) is 81.9 Å². The average Bonchev–Trinajstić information content (AvgIpc) is 3.00. The number of aromatic amines is 1. The number of hydrogen-bond acceptors (Lipinski definition) is 2. The molecule has 1 aromatic carbocycles. The van der Waals surface area contributed by atoms with E-state index in [1.807, 2.05) is 13.0 Å². The van der Waals surface area contributed by atoms with Crippen molar-refractivity contribution < 1.29 is 4.79 Å². The first-order valence-electron chi connectivity index (χ1n) is 10.4. The van der Waals surface area contributed by atoms with E-state index in [4.69, 9.17) is 0 Å². The lowest BCUT2D eigenvalue weighted by Crippen LogP contribution is -2.33. The van der Waals surface area contributed by atoms with Crippen LogP contribution in [-0.2, 0) is 0 Å². The highest BCUT2D eigenvalue weighted by molar-refractivity contribution is 6.01. The zero-order chi connectivity index (χ0) is 18.7. The normalized spacial score (nSPS) is 17.7. The van der Waals surface area contributed by atoms with Crippen molar-refractivity contribution in [2.75, 3.05) is 19.6 Å². The van der Waals surface area contributed by atoms with E-state index >= 15 is 0 Å². The number of carbonyl (C=O) groups excluding carboxylic acids is 1. The average molecular weight is 355 g/mol. The van der Waals surface area contributed by atoms with Crippen LogP contribution >= 0.6 is 0 Å². The van der Waals surface area contributed by atoms with E-state index in [1.165, 1.54) is 67.5 Å². The summed E-state index contributed by atoms with van der Waals surface area (Å²) in [5.74, 6) is 0.974. The van der Waals surface area contributed by atoms with Crippen molar-refractivity contribution in [3.63, 3.8) is 0 Å². The predicted octanol–water partition coefficient (Wildman–Crippen LogP) is 5.68. The topological polar surface area (TPSA) is 36.1 Å². The number of nitrogens with one attached hydrogen (secondary N) is 1. The van der Waals surface area contributed by atoms with Gasteiger partial charge in [0.05, 0.1) is 0 Å². The number of H-pyrrole nitrogens is 1. The minimum Gasteiger partial charge on any atom is -0.358 e. The number of nitrogens with zero attached hydrogens (tertiary/aromatic N) is 1. The van der Waals surface area contributed by atoms with Crippen LogP contribution in [0.1, 0.15) is 80.4 Å².